The molecular weight excluding hydrogens is 480 g/mol. The Morgan fingerprint density at radius 2 is 1.76 bits per heavy atom. The van der Waals surface area contributed by atoms with Crippen LogP contribution < -0.4 is 9.64 Å². The summed E-state index contributed by atoms with van der Waals surface area (Å²) in [5.41, 5.74) is 4.82. The van der Waals surface area contributed by atoms with Gasteiger partial charge in [0.15, 0.2) is 6.61 Å². The highest BCUT2D eigenvalue weighted by molar-refractivity contribution is 9.10. The van der Waals surface area contributed by atoms with E-state index in [0.717, 1.165) is 34.1 Å². The molecule has 0 radical (unpaired) electrons. The summed E-state index contributed by atoms with van der Waals surface area (Å²) in [4.78, 5) is 29.8. The van der Waals surface area contributed by atoms with Gasteiger partial charge in [0.25, 0.3) is 11.8 Å². The van der Waals surface area contributed by atoms with Crippen LogP contribution in [0.15, 0.2) is 71.2 Å². The summed E-state index contributed by atoms with van der Waals surface area (Å²) in [6.45, 7) is 1.86. The molecule has 6 heteroatoms. The summed E-state index contributed by atoms with van der Waals surface area (Å²) in [5, 5.41) is 0. The molecule has 2 amide bonds. The molecule has 0 fully saturated rings. The van der Waals surface area contributed by atoms with Gasteiger partial charge < -0.3 is 14.5 Å². The first-order valence-corrected chi connectivity index (χ1v) is 12.1. The SMILES string of the molecule is O=C1c2cccc(OCC(=O)N3CCCc4ccccc43)c2CCN1Cc1ccc(Br)cc1. The predicted molar refractivity (Wildman–Crippen MR) is 132 cm³/mol. The van der Waals surface area contributed by atoms with Gasteiger partial charge in [-0.05, 0) is 60.7 Å². The number of carbonyl (C=O) groups excluding carboxylic acids is 2. The average molecular weight is 505 g/mol. The van der Waals surface area contributed by atoms with Gasteiger partial charge in [-0.15, -0.1) is 0 Å². The minimum atomic E-state index is -0.0567. The van der Waals surface area contributed by atoms with E-state index in [9.17, 15) is 9.59 Å². The van der Waals surface area contributed by atoms with Crippen molar-refractivity contribution < 1.29 is 14.3 Å². The topological polar surface area (TPSA) is 49.9 Å². The van der Waals surface area contributed by atoms with Gasteiger partial charge in [0, 0.05) is 40.9 Å². The minimum Gasteiger partial charge on any atom is -0.483 e. The molecule has 0 atom stereocenters. The second-order valence-electron chi connectivity index (χ2n) is 8.45. The highest BCUT2D eigenvalue weighted by Gasteiger charge is 2.28. The third kappa shape index (κ3) is 4.53. The second kappa shape index (κ2) is 9.40. The van der Waals surface area contributed by atoms with Gasteiger partial charge in [-0.2, -0.15) is 0 Å². The van der Waals surface area contributed by atoms with Crippen LogP contribution in [0.4, 0.5) is 5.69 Å². The van der Waals surface area contributed by atoms with Crippen molar-refractivity contribution in [3.63, 3.8) is 0 Å². The van der Waals surface area contributed by atoms with Gasteiger partial charge in [-0.1, -0.05) is 52.3 Å². The van der Waals surface area contributed by atoms with Crippen LogP contribution in [0, 0.1) is 0 Å². The molecule has 0 spiro atoms. The number of carbonyl (C=O) groups is 2. The maximum absolute atomic E-state index is 13.1. The van der Waals surface area contributed by atoms with Gasteiger partial charge in [0.05, 0.1) is 0 Å². The van der Waals surface area contributed by atoms with E-state index in [-0.39, 0.29) is 18.4 Å². The number of hydrogen-bond donors (Lipinski definition) is 0. The average Bonchev–Trinajstić information content (AvgIpc) is 2.85. The molecule has 5 nitrogen and oxygen atoms in total. The standard InChI is InChI=1S/C27H25BrN2O3/c28-21-12-10-19(11-13-21)17-29-16-14-22-23(27(29)32)7-3-9-25(22)33-18-26(31)30-15-4-6-20-5-1-2-8-24(20)30/h1-3,5,7-13H,4,6,14-18H2. The molecule has 2 aliphatic rings. The zero-order chi connectivity index (χ0) is 22.8. The number of hydrogen-bond acceptors (Lipinski definition) is 3. The smallest absolute Gasteiger partial charge is 0.264 e. The lowest BCUT2D eigenvalue weighted by Crippen LogP contribution is -2.39. The Hall–Kier alpha value is -3.12. The summed E-state index contributed by atoms with van der Waals surface area (Å²) in [6, 6.07) is 21.6. The number of para-hydroxylation sites is 1. The molecule has 0 aromatic heterocycles. The zero-order valence-electron chi connectivity index (χ0n) is 18.3. The van der Waals surface area contributed by atoms with Gasteiger partial charge in [-0.3, -0.25) is 9.59 Å². The van der Waals surface area contributed by atoms with E-state index < -0.39 is 0 Å². The second-order valence-corrected chi connectivity index (χ2v) is 9.37. The molecule has 0 unspecified atom stereocenters. The molecule has 2 aliphatic heterocycles. The van der Waals surface area contributed by atoms with Gasteiger partial charge in [0.2, 0.25) is 0 Å². The molecule has 0 bridgehead atoms. The maximum atomic E-state index is 13.1. The largest absolute Gasteiger partial charge is 0.483 e. The van der Waals surface area contributed by atoms with E-state index in [0.29, 0.717) is 37.4 Å². The van der Waals surface area contributed by atoms with E-state index in [1.165, 1.54) is 5.56 Å². The Morgan fingerprint density at radius 1 is 0.939 bits per heavy atom. The van der Waals surface area contributed by atoms with Crippen LogP contribution in [0.3, 0.4) is 0 Å². The number of amides is 2. The van der Waals surface area contributed by atoms with Gasteiger partial charge in [0.1, 0.15) is 5.75 Å². The number of benzene rings is 3. The Kier molecular flexibility index (Phi) is 6.18. The van der Waals surface area contributed by atoms with Crippen molar-refractivity contribution >= 4 is 33.4 Å². The van der Waals surface area contributed by atoms with Crippen molar-refractivity contribution in [1.82, 2.24) is 4.90 Å². The third-order valence-electron chi connectivity index (χ3n) is 6.33. The number of ether oxygens (including phenoxy) is 1. The quantitative estimate of drug-likeness (QED) is 0.490. The molecule has 0 aliphatic carbocycles. The summed E-state index contributed by atoms with van der Waals surface area (Å²) in [6.07, 6.45) is 2.65. The predicted octanol–water partition coefficient (Wildman–Crippen LogP) is 5.01. The fourth-order valence-electron chi connectivity index (χ4n) is 4.65. The lowest BCUT2D eigenvalue weighted by atomic mass is 9.97. The monoisotopic (exact) mass is 504 g/mol. The molecule has 2 heterocycles. The number of fused-ring (bicyclic) bond motifs is 2. The van der Waals surface area contributed by atoms with Crippen molar-refractivity contribution in [2.45, 2.75) is 25.8 Å². The number of halogens is 1. The van der Waals surface area contributed by atoms with Crippen molar-refractivity contribution in [2.75, 3.05) is 24.6 Å². The molecule has 0 saturated carbocycles. The van der Waals surface area contributed by atoms with E-state index in [4.69, 9.17) is 4.74 Å². The number of rotatable bonds is 5. The molecule has 3 aromatic carbocycles. The molecule has 5 rings (SSSR count). The van der Waals surface area contributed by atoms with Crippen LogP contribution in [0.5, 0.6) is 5.75 Å². The first-order valence-electron chi connectivity index (χ1n) is 11.3. The molecule has 168 valence electrons. The van der Waals surface area contributed by atoms with Crippen LogP contribution in [-0.4, -0.2) is 36.4 Å². The van der Waals surface area contributed by atoms with Gasteiger partial charge in [-0.25, -0.2) is 0 Å². The van der Waals surface area contributed by atoms with E-state index >= 15 is 0 Å². The lowest BCUT2D eigenvalue weighted by molar-refractivity contribution is -0.120. The van der Waals surface area contributed by atoms with Crippen molar-refractivity contribution in [3.8, 4) is 5.75 Å². The van der Waals surface area contributed by atoms with Crippen LogP contribution in [0.1, 0.15) is 33.5 Å². The normalized spacial score (nSPS) is 15.1. The van der Waals surface area contributed by atoms with Crippen molar-refractivity contribution in [1.29, 1.82) is 0 Å². The fourth-order valence-corrected chi connectivity index (χ4v) is 4.91. The van der Waals surface area contributed by atoms with Crippen molar-refractivity contribution in [3.05, 3.63) is 93.5 Å². The first-order chi connectivity index (χ1) is 16.1. The molecule has 33 heavy (non-hydrogen) atoms. The summed E-state index contributed by atoms with van der Waals surface area (Å²) in [5.74, 6) is 0.572. The highest BCUT2D eigenvalue weighted by Crippen LogP contribution is 2.30. The Balaban J connectivity index is 1.28. The number of aryl methyl sites for hydroxylation is 1. The van der Waals surface area contributed by atoms with Gasteiger partial charge >= 0.3 is 0 Å². The Bertz CT molecular complexity index is 1190. The molecule has 0 N–H and O–H groups in total. The summed E-state index contributed by atoms with van der Waals surface area (Å²) < 4.78 is 7.00. The lowest BCUT2D eigenvalue weighted by Gasteiger charge is -2.31. The number of anilines is 1. The van der Waals surface area contributed by atoms with E-state index in [1.807, 2.05) is 70.5 Å². The van der Waals surface area contributed by atoms with Crippen LogP contribution in [0.25, 0.3) is 0 Å². The van der Waals surface area contributed by atoms with Crippen molar-refractivity contribution in [2.24, 2.45) is 0 Å². The number of nitrogens with zero attached hydrogens (tertiary/aromatic N) is 2. The Labute approximate surface area is 202 Å². The Morgan fingerprint density at radius 3 is 2.61 bits per heavy atom. The van der Waals surface area contributed by atoms with Crippen LogP contribution in [-0.2, 0) is 24.2 Å². The molecular formula is C27H25BrN2O3. The maximum Gasteiger partial charge on any atom is 0.264 e. The van der Waals surface area contributed by atoms with Crippen LogP contribution >= 0.6 is 15.9 Å². The third-order valence-corrected chi connectivity index (χ3v) is 6.86. The summed E-state index contributed by atoms with van der Waals surface area (Å²) in [7, 11) is 0. The fraction of sp³-hybridized carbons (Fsp3) is 0.259. The highest BCUT2D eigenvalue weighted by atomic mass is 79.9. The van der Waals surface area contributed by atoms with E-state index in [2.05, 4.69) is 22.0 Å². The molecule has 3 aromatic rings. The molecule has 0 saturated heterocycles. The van der Waals surface area contributed by atoms with Crippen LogP contribution in [0.2, 0.25) is 0 Å². The van der Waals surface area contributed by atoms with E-state index in [1.54, 1.807) is 0 Å². The minimum absolute atomic E-state index is 0.000836. The summed E-state index contributed by atoms with van der Waals surface area (Å²) >= 11 is 3.45. The first kappa shape index (κ1) is 21.7. The zero-order valence-corrected chi connectivity index (χ0v) is 19.9.